The molecule has 2 aromatic heterocycles. The monoisotopic (exact) mass is 269 g/mol. The van der Waals surface area contributed by atoms with Gasteiger partial charge in [0, 0.05) is 18.3 Å². The van der Waals surface area contributed by atoms with Crippen LogP contribution in [0.15, 0.2) is 30.3 Å². The van der Waals surface area contributed by atoms with Crippen LogP contribution in [0, 0.1) is 6.92 Å². The van der Waals surface area contributed by atoms with Gasteiger partial charge in [-0.3, -0.25) is 5.10 Å². The van der Waals surface area contributed by atoms with Crippen molar-refractivity contribution in [2.24, 2.45) is 0 Å². The van der Waals surface area contributed by atoms with E-state index in [9.17, 15) is 0 Å². The summed E-state index contributed by atoms with van der Waals surface area (Å²) < 4.78 is 5.77. The van der Waals surface area contributed by atoms with Gasteiger partial charge < -0.3 is 10.1 Å². The van der Waals surface area contributed by atoms with E-state index in [-0.39, 0.29) is 0 Å². The summed E-state index contributed by atoms with van der Waals surface area (Å²) in [4.78, 5) is 8.84. The lowest BCUT2D eigenvalue weighted by atomic mass is 10.2. The van der Waals surface area contributed by atoms with E-state index in [2.05, 4.69) is 25.5 Å². The first-order valence-electron chi connectivity index (χ1n) is 6.47. The molecule has 0 spiro atoms. The summed E-state index contributed by atoms with van der Waals surface area (Å²) in [7, 11) is 0. The lowest BCUT2D eigenvalue weighted by Crippen LogP contribution is -2.03. The van der Waals surface area contributed by atoms with Crippen molar-refractivity contribution in [2.75, 3.05) is 11.9 Å². The van der Waals surface area contributed by atoms with Crippen LogP contribution in [-0.4, -0.2) is 26.7 Å². The number of rotatable bonds is 4. The van der Waals surface area contributed by atoms with Crippen molar-refractivity contribution in [1.29, 1.82) is 0 Å². The Morgan fingerprint density at radius 3 is 2.85 bits per heavy atom. The molecule has 20 heavy (non-hydrogen) atoms. The Morgan fingerprint density at radius 2 is 2.10 bits per heavy atom. The fourth-order valence-corrected chi connectivity index (χ4v) is 1.91. The van der Waals surface area contributed by atoms with Gasteiger partial charge in [-0.15, -0.1) is 5.10 Å². The molecule has 6 heteroatoms. The molecule has 0 saturated heterocycles. The summed E-state index contributed by atoms with van der Waals surface area (Å²) in [6, 6.07) is 9.55. The summed E-state index contributed by atoms with van der Waals surface area (Å²) in [5, 5.41) is 10.9. The molecule has 2 heterocycles. The SMILES string of the molecule is CCNc1nc(Oc2cc(C)[nH]n2)c2ccccc2n1. The molecule has 0 bridgehead atoms. The standard InChI is InChI=1S/C14H15N5O/c1-3-15-14-16-11-7-5-4-6-10(11)13(17-14)20-12-8-9(2)18-19-12/h4-8H,3H2,1-2H3,(H,18,19)(H,15,16,17). The van der Waals surface area contributed by atoms with E-state index >= 15 is 0 Å². The van der Waals surface area contributed by atoms with Crippen LogP contribution in [0.1, 0.15) is 12.6 Å². The predicted octanol–water partition coefficient (Wildman–Crippen LogP) is 2.89. The second-order valence-corrected chi connectivity index (χ2v) is 4.39. The maximum absolute atomic E-state index is 5.77. The summed E-state index contributed by atoms with van der Waals surface area (Å²) in [5.41, 5.74) is 1.77. The Bertz CT molecular complexity index is 737. The predicted molar refractivity (Wildman–Crippen MR) is 77.1 cm³/mol. The number of aromatic nitrogens is 4. The number of anilines is 1. The summed E-state index contributed by atoms with van der Waals surface area (Å²) in [5.74, 6) is 1.54. The van der Waals surface area contributed by atoms with Gasteiger partial charge in [-0.1, -0.05) is 12.1 Å². The van der Waals surface area contributed by atoms with Crippen LogP contribution in [0.2, 0.25) is 0 Å². The highest BCUT2D eigenvalue weighted by molar-refractivity contribution is 5.84. The van der Waals surface area contributed by atoms with Gasteiger partial charge in [-0.25, -0.2) is 4.98 Å². The molecule has 0 saturated carbocycles. The highest BCUT2D eigenvalue weighted by Gasteiger charge is 2.10. The molecule has 0 aliphatic rings. The van der Waals surface area contributed by atoms with Gasteiger partial charge in [0.05, 0.1) is 10.9 Å². The van der Waals surface area contributed by atoms with Crippen molar-refractivity contribution in [3.63, 3.8) is 0 Å². The maximum Gasteiger partial charge on any atom is 0.240 e. The molecule has 0 radical (unpaired) electrons. The largest absolute Gasteiger partial charge is 0.418 e. The zero-order valence-corrected chi connectivity index (χ0v) is 11.3. The topological polar surface area (TPSA) is 75.7 Å². The number of benzene rings is 1. The van der Waals surface area contributed by atoms with Gasteiger partial charge >= 0.3 is 0 Å². The number of nitrogens with one attached hydrogen (secondary N) is 2. The van der Waals surface area contributed by atoms with E-state index in [1.807, 2.05) is 44.2 Å². The van der Waals surface area contributed by atoms with Crippen LogP contribution in [0.25, 0.3) is 10.9 Å². The Morgan fingerprint density at radius 1 is 1.25 bits per heavy atom. The van der Waals surface area contributed by atoms with Gasteiger partial charge in [0.15, 0.2) is 0 Å². The van der Waals surface area contributed by atoms with Crippen molar-refractivity contribution in [1.82, 2.24) is 20.2 Å². The Balaban J connectivity index is 2.06. The normalized spacial score (nSPS) is 10.7. The minimum atomic E-state index is 0.494. The summed E-state index contributed by atoms with van der Waals surface area (Å²) in [6.07, 6.45) is 0. The first kappa shape index (κ1) is 12.4. The zero-order chi connectivity index (χ0) is 13.9. The van der Waals surface area contributed by atoms with Gasteiger partial charge in [-0.2, -0.15) is 4.98 Å². The van der Waals surface area contributed by atoms with Crippen LogP contribution >= 0.6 is 0 Å². The molecule has 6 nitrogen and oxygen atoms in total. The number of hydrogen-bond acceptors (Lipinski definition) is 5. The fourth-order valence-electron chi connectivity index (χ4n) is 1.91. The van der Waals surface area contributed by atoms with E-state index in [4.69, 9.17) is 4.74 Å². The first-order valence-corrected chi connectivity index (χ1v) is 6.47. The number of aryl methyl sites for hydroxylation is 1. The van der Waals surface area contributed by atoms with E-state index in [1.54, 1.807) is 0 Å². The Hall–Kier alpha value is -2.63. The zero-order valence-electron chi connectivity index (χ0n) is 11.3. The summed E-state index contributed by atoms with van der Waals surface area (Å²) in [6.45, 7) is 4.66. The smallest absolute Gasteiger partial charge is 0.240 e. The van der Waals surface area contributed by atoms with Crippen LogP contribution < -0.4 is 10.1 Å². The van der Waals surface area contributed by atoms with E-state index < -0.39 is 0 Å². The number of ether oxygens (including phenoxy) is 1. The lowest BCUT2D eigenvalue weighted by molar-refractivity contribution is 0.449. The average molecular weight is 269 g/mol. The number of para-hydroxylation sites is 1. The first-order chi connectivity index (χ1) is 9.76. The summed E-state index contributed by atoms with van der Waals surface area (Å²) >= 11 is 0. The van der Waals surface area contributed by atoms with Crippen molar-refractivity contribution in [3.05, 3.63) is 36.0 Å². The highest BCUT2D eigenvalue weighted by Crippen LogP contribution is 2.27. The minimum absolute atomic E-state index is 0.494. The van der Waals surface area contributed by atoms with Crippen LogP contribution in [0.3, 0.4) is 0 Å². The quantitative estimate of drug-likeness (QED) is 0.761. The number of nitrogens with zero attached hydrogens (tertiary/aromatic N) is 3. The second kappa shape index (κ2) is 5.16. The number of H-pyrrole nitrogens is 1. The average Bonchev–Trinajstić information content (AvgIpc) is 2.85. The Kier molecular flexibility index (Phi) is 3.20. The molecular formula is C14H15N5O. The van der Waals surface area contributed by atoms with E-state index in [1.165, 1.54) is 0 Å². The molecule has 0 fully saturated rings. The third-order valence-corrected chi connectivity index (χ3v) is 2.79. The number of fused-ring (bicyclic) bond motifs is 1. The Labute approximate surface area is 116 Å². The molecule has 0 unspecified atom stereocenters. The van der Waals surface area contributed by atoms with Crippen molar-refractivity contribution in [3.8, 4) is 11.8 Å². The molecule has 2 N–H and O–H groups in total. The molecule has 0 aliphatic heterocycles. The maximum atomic E-state index is 5.77. The van der Waals surface area contributed by atoms with Crippen LogP contribution in [-0.2, 0) is 0 Å². The molecule has 1 aromatic carbocycles. The van der Waals surface area contributed by atoms with E-state index in [0.29, 0.717) is 17.7 Å². The highest BCUT2D eigenvalue weighted by atomic mass is 16.5. The molecule has 3 rings (SSSR count). The minimum Gasteiger partial charge on any atom is -0.418 e. The van der Waals surface area contributed by atoms with Crippen molar-refractivity contribution >= 4 is 16.9 Å². The molecule has 0 aliphatic carbocycles. The van der Waals surface area contributed by atoms with Gasteiger partial charge in [-0.05, 0) is 26.0 Å². The van der Waals surface area contributed by atoms with Gasteiger partial charge in [0.25, 0.3) is 0 Å². The van der Waals surface area contributed by atoms with Crippen LogP contribution in [0.5, 0.6) is 11.8 Å². The molecule has 0 atom stereocenters. The molecule has 3 aromatic rings. The van der Waals surface area contributed by atoms with Crippen molar-refractivity contribution < 1.29 is 4.74 Å². The number of aromatic amines is 1. The number of hydrogen-bond donors (Lipinski definition) is 2. The fraction of sp³-hybridized carbons (Fsp3) is 0.214. The van der Waals surface area contributed by atoms with Crippen LogP contribution in [0.4, 0.5) is 5.95 Å². The third-order valence-electron chi connectivity index (χ3n) is 2.79. The van der Waals surface area contributed by atoms with E-state index in [0.717, 1.165) is 23.1 Å². The van der Waals surface area contributed by atoms with Crippen molar-refractivity contribution in [2.45, 2.75) is 13.8 Å². The lowest BCUT2D eigenvalue weighted by Gasteiger charge is -2.08. The van der Waals surface area contributed by atoms with Gasteiger partial charge in [0.1, 0.15) is 0 Å². The molecule has 0 amide bonds. The van der Waals surface area contributed by atoms with Gasteiger partial charge in [0.2, 0.25) is 17.7 Å². The second-order valence-electron chi connectivity index (χ2n) is 4.39. The molecular weight excluding hydrogens is 254 g/mol. The third kappa shape index (κ3) is 2.40. The molecule has 102 valence electrons.